The first-order valence-corrected chi connectivity index (χ1v) is 11.5. The Kier molecular flexibility index (Phi) is 7.26. The number of carbonyl (C=O) groups excluding carboxylic acids is 3. The second-order valence-electron chi connectivity index (χ2n) is 7.83. The van der Waals surface area contributed by atoms with E-state index in [4.69, 9.17) is 4.74 Å². The Hall–Kier alpha value is -3.37. The van der Waals surface area contributed by atoms with Crippen molar-refractivity contribution in [2.45, 2.75) is 39.0 Å². The molecule has 0 bridgehead atoms. The number of nitrogens with zero attached hydrogens (tertiary/aromatic N) is 4. The van der Waals surface area contributed by atoms with Crippen molar-refractivity contribution in [1.82, 2.24) is 19.7 Å². The third kappa shape index (κ3) is 6.11. The van der Waals surface area contributed by atoms with Gasteiger partial charge < -0.3 is 15.0 Å². The molecule has 2 amide bonds. The van der Waals surface area contributed by atoms with Crippen LogP contribution in [0.4, 0.5) is 5.69 Å². The summed E-state index contributed by atoms with van der Waals surface area (Å²) in [5.41, 5.74) is 1.28. The van der Waals surface area contributed by atoms with Crippen molar-refractivity contribution in [2.75, 3.05) is 18.5 Å². The SMILES string of the molecule is CC(=O)c1ccc(C(=O)Nc2cnn(CC(=O)N(Cc3ccccn3)C[C@H]3CCCO3)c2)s1. The van der Waals surface area contributed by atoms with Gasteiger partial charge in [-0.2, -0.15) is 5.10 Å². The topological polar surface area (TPSA) is 106 Å². The Labute approximate surface area is 195 Å². The number of carbonyl (C=O) groups is 3. The summed E-state index contributed by atoms with van der Waals surface area (Å²) in [7, 11) is 0. The number of amides is 2. The summed E-state index contributed by atoms with van der Waals surface area (Å²) in [6, 6.07) is 8.87. The molecular weight excluding hydrogens is 442 g/mol. The molecule has 10 heteroatoms. The van der Waals surface area contributed by atoms with Crippen LogP contribution in [0.5, 0.6) is 0 Å². The number of hydrogen-bond donors (Lipinski definition) is 1. The Morgan fingerprint density at radius 3 is 2.79 bits per heavy atom. The zero-order valence-electron chi connectivity index (χ0n) is 18.3. The van der Waals surface area contributed by atoms with Crippen LogP contribution in [0.25, 0.3) is 0 Å². The van der Waals surface area contributed by atoms with Gasteiger partial charge in [0.15, 0.2) is 5.78 Å². The largest absolute Gasteiger partial charge is 0.376 e. The van der Waals surface area contributed by atoms with Gasteiger partial charge in [-0.3, -0.25) is 24.0 Å². The van der Waals surface area contributed by atoms with Crippen molar-refractivity contribution in [1.29, 1.82) is 0 Å². The Balaban J connectivity index is 1.39. The average Bonchev–Trinajstić information content (AvgIpc) is 3.56. The summed E-state index contributed by atoms with van der Waals surface area (Å²) >= 11 is 1.14. The van der Waals surface area contributed by atoms with Crippen LogP contribution in [0.1, 0.15) is 44.8 Å². The van der Waals surface area contributed by atoms with E-state index in [2.05, 4.69) is 15.4 Å². The summed E-state index contributed by atoms with van der Waals surface area (Å²) in [4.78, 5) is 44.0. The molecule has 4 rings (SSSR count). The van der Waals surface area contributed by atoms with Crippen molar-refractivity contribution in [3.63, 3.8) is 0 Å². The van der Waals surface area contributed by atoms with E-state index in [0.717, 1.165) is 36.5 Å². The lowest BCUT2D eigenvalue weighted by Crippen LogP contribution is -2.39. The fourth-order valence-electron chi connectivity index (χ4n) is 3.57. The molecule has 0 unspecified atom stereocenters. The summed E-state index contributed by atoms with van der Waals surface area (Å²) in [5.74, 6) is -0.515. The third-order valence-corrected chi connectivity index (χ3v) is 6.43. The lowest BCUT2D eigenvalue weighted by Gasteiger charge is -2.25. The summed E-state index contributed by atoms with van der Waals surface area (Å²) in [5, 5.41) is 6.97. The van der Waals surface area contributed by atoms with E-state index >= 15 is 0 Å². The van der Waals surface area contributed by atoms with E-state index in [1.807, 2.05) is 18.2 Å². The minimum Gasteiger partial charge on any atom is -0.376 e. The van der Waals surface area contributed by atoms with Crippen molar-refractivity contribution in [3.8, 4) is 0 Å². The van der Waals surface area contributed by atoms with Crippen LogP contribution in [0.3, 0.4) is 0 Å². The number of Topliss-reactive ketones (excluding diaryl/α,β-unsaturated/α-hetero) is 1. The average molecular weight is 468 g/mol. The van der Waals surface area contributed by atoms with E-state index in [1.54, 1.807) is 29.4 Å². The zero-order chi connectivity index (χ0) is 23.2. The first kappa shape index (κ1) is 22.8. The van der Waals surface area contributed by atoms with Crippen molar-refractivity contribution >= 4 is 34.6 Å². The molecule has 9 nitrogen and oxygen atoms in total. The second-order valence-corrected chi connectivity index (χ2v) is 8.91. The Bertz CT molecular complexity index is 1120. The highest BCUT2D eigenvalue weighted by molar-refractivity contribution is 7.16. The normalized spacial score (nSPS) is 15.4. The number of pyridine rings is 1. The quantitative estimate of drug-likeness (QED) is 0.485. The van der Waals surface area contributed by atoms with Crippen LogP contribution < -0.4 is 5.32 Å². The molecule has 1 aliphatic heterocycles. The van der Waals surface area contributed by atoms with Gasteiger partial charge in [-0.1, -0.05) is 6.07 Å². The fourth-order valence-corrected chi connectivity index (χ4v) is 4.37. The highest BCUT2D eigenvalue weighted by atomic mass is 32.1. The summed E-state index contributed by atoms with van der Waals surface area (Å²) in [6.45, 7) is 3.10. The highest BCUT2D eigenvalue weighted by Gasteiger charge is 2.23. The predicted molar refractivity (Wildman–Crippen MR) is 123 cm³/mol. The third-order valence-electron chi connectivity index (χ3n) is 5.24. The highest BCUT2D eigenvalue weighted by Crippen LogP contribution is 2.19. The number of thiophene rings is 1. The van der Waals surface area contributed by atoms with Crippen LogP contribution in [-0.2, 0) is 22.6 Å². The molecule has 3 aromatic heterocycles. The maximum Gasteiger partial charge on any atom is 0.265 e. The Morgan fingerprint density at radius 2 is 2.09 bits per heavy atom. The van der Waals surface area contributed by atoms with Gasteiger partial charge in [0.05, 0.1) is 40.0 Å². The van der Waals surface area contributed by atoms with Crippen molar-refractivity contribution < 1.29 is 19.1 Å². The molecule has 0 radical (unpaired) electrons. The maximum atomic E-state index is 13.1. The van der Waals surface area contributed by atoms with Crippen LogP contribution in [-0.4, -0.2) is 56.5 Å². The molecule has 172 valence electrons. The van der Waals surface area contributed by atoms with Gasteiger partial charge in [0.25, 0.3) is 5.91 Å². The molecule has 4 heterocycles. The van der Waals surface area contributed by atoms with E-state index < -0.39 is 0 Å². The zero-order valence-corrected chi connectivity index (χ0v) is 19.1. The van der Waals surface area contributed by atoms with E-state index in [1.165, 1.54) is 17.8 Å². The van der Waals surface area contributed by atoms with E-state index in [9.17, 15) is 14.4 Å². The number of rotatable bonds is 9. The number of ether oxygens (including phenoxy) is 1. The molecule has 1 fully saturated rings. The molecule has 0 saturated carbocycles. The summed E-state index contributed by atoms with van der Waals surface area (Å²) < 4.78 is 7.22. The molecule has 33 heavy (non-hydrogen) atoms. The molecule has 0 spiro atoms. The lowest BCUT2D eigenvalue weighted by molar-refractivity contribution is -0.134. The van der Waals surface area contributed by atoms with Gasteiger partial charge in [0.2, 0.25) is 5.91 Å². The van der Waals surface area contributed by atoms with Crippen molar-refractivity contribution in [3.05, 3.63) is 64.4 Å². The number of nitrogens with one attached hydrogen (secondary N) is 1. The number of hydrogen-bond acceptors (Lipinski definition) is 7. The Morgan fingerprint density at radius 1 is 1.24 bits per heavy atom. The maximum absolute atomic E-state index is 13.1. The van der Waals surface area contributed by atoms with E-state index in [0.29, 0.717) is 28.5 Å². The smallest absolute Gasteiger partial charge is 0.265 e. The molecule has 1 N–H and O–H groups in total. The van der Waals surface area contributed by atoms with Crippen molar-refractivity contribution in [2.24, 2.45) is 0 Å². The van der Waals surface area contributed by atoms with Crippen LogP contribution in [0.15, 0.2) is 48.9 Å². The molecule has 1 atom stereocenters. The molecule has 0 aliphatic carbocycles. The number of ketones is 1. The van der Waals surface area contributed by atoms with Crippen LogP contribution >= 0.6 is 11.3 Å². The van der Waals surface area contributed by atoms with Gasteiger partial charge in [-0.15, -0.1) is 11.3 Å². The lowest BCUT2D eigenvalue weighted by atomic mass is 10.2. The number of aromatic nitrogens is 3. The molecule has 1 saturated heterocycles. The van der Waals surface area contributed by atoms with Gasteiger partial charge >= 0.3 is 0 Å². The van der Waals surface area contributed by atoms with Crippen LogP contribution in [0.2, 0.25) is 0 Å². The molecule has 3 aromatic rings. The first-order chi connectivity index (χ1) is 16.0. The second kappa shape index (κ2) is 10.5. The molecular formula is C23H25N5O4S. The minimum absolute atomic E-state index is 0.0239. The van der Waals surface area contributed by atoms with Gasteiger partial charge in [-0.05, 0) is 44.0 Å². The van der Waals surface area contributed by atoms with Gasteiger partial charge in [0.1, 0.15) is 6.54 Å². The molecule has 0 aromatic carbocycles. The summed E-state index contributed by atoms with van der Waals surface area (Å²) in [6.07, 6.45) is 6.76. The monoisotopic (exact) mass is 467 g/mol. The predicted octanol–water partition coefficient (Wildman–Crippen LogP) is 3.00. The molecule has 1 aliphatic rings. The number of anilines is 1. The van der Waals surface area contributed by atoms with Crippen LogP contribution in [0, 0.1) is 0 Å². The van der Waals surface area contributed by atoms with Gasteiger partial charge in [-0.25, -0.2) is 0 Å². The standard InChI is InChI=1S/C23H25N5O4S/c1-16(29)20-7-8-21(33-20)23(31)26-18-11-25-28(13-18)15-22(30)27(14-19-6-4-10-32-19)12-17-5-2-3-9-24-17/h2-3,5,7-9,11,13,19H,4,6,10,12,14-15H2,1H3,(H,26,31)/t19-/m1/s1. The fraction of sp³-hybridized carbons (Fsp3) is 0.348. The minimum atomic E-state index is -0.325. The first-order valence-electron chi connectivity index (χ1n) is 10.7. The van der Waals surface area contributed by atoms with E-state index in [-0.39, 0.29) is 30.2 Å². The van der Waals surface area contributed by atoms with Gasteiger partial charge in [0, 0.05) is 25.5 Å².